The molecule has 1 aliphatic rings. The van der Waals surface area contributed by atoms with Crippen molar-refractivity contribution in [2.75, 3.05) is 6.61 Å². The van der Waals surface area contributed by atoms with Gasteiger partial charge in [-0.25, -0.2) is 4.39 Å². The van der Waals surface area contributed by atoms with Crippen molar-refractivity contribution in [2.45, 2.75) is 31.7 Å². The van der Waals surface area contributed by atoms with Crippen LogP contribution in [0.4, 0.5) is 4.39 Å². The third-order valence-corrected chi connectivity index (χ3v) is 4.09. The van der Waals surface area contributed by atoms with Crippen LogP contribution in [0.15, 0.2) is 42.5 Å². The highest BCUT2D eigenvalue weighted by molar-refractivity contribution is 5.46. The predicted octanol–water partition coefficient (Wildman–Crippen LogP) is 3.74. The van der Waals surface area contributed by atoms with Gasteiger partial charge in [-0.05, 0) is 41.8 Å². The summed E-state index contributed by atoms with van der Waals surface area (Å²) in [5, 5.41) is 0. The van der Waals surface area contributed by atoms with E-state index in [2.05, 4.69) is 19.9 Å². The summed E-state index contributed by atoms with van der Waals surface area (Å²) in [5.41, 5.74) is 9.50. The molecule has 1 atom stereocenters. The van der Waals surface area contributed by atoms with Crippen molar-refractivity contribution >= 4 is 0 Å². The molecule has 0 fully saturated rings. The second kappa shape index (κ2) is 5.15. The molecule has 0 radical (unpaired) electrons. The minimum absolute atomic E-state index is 0.0178. The monoisotopic (exact) mass is 285 g/mol. The molecule has 0 saturated heterocycles. The first kappa shape index (κ1) is 14.1. The Morgan fingerprint density at radius 3 is 2.81 bits per heavy atom. The standard InChI is InChI=1S/C18H20FNO/c1-18(2)11-21-17-7-6-13(10-15(17)18)16(20)9-12-4-3-5-14(19)8-12/h3-8,10,16H,9,11,20H2,1-2H3. The van der Waals surface area contributed by atoms with Crippen molar-refractivity contribution < 1.29 is 9.13 Å². The number of hydrogen-bond acceptors (Lipinski definition) is 2. The molecule has 2 aromatic carbocycles. The molecular weight excluding hydrogens is 265 g/mol. The fraction of sp³-hybridized carbons (Fsp3) is 0.333. The largest absolute Gasteiger partial charge is 0.492 e. The summed E-state index contributed by atoms with van der Waals surface area (Å²) in [5.74, 6) is 0.727. The van der Waals surface area contributed by atoms with Gasteiger partial charge in [-0.1, -0.05) is 32.0 Å². The molecule has 0 amide bonds. The average Bonchev–Trinajstić information content (AvgIpc) is 2.74. The van der Waals surface area contributed by atoms with E-state index in [-0.39, 0.29) is 17.3 Å². The van der Waals surface area contributed by atoms with Crippen molar-refractivity contribution in [1.82, 2.24) is 0 Å². The molecule has 21 heavy (non-hydrogen) atoms. The van der Waals surface area contributed by atoms with E-state index in [1.165, 1.54) is 11.6 Å². The van der Waals surface area contributed by atoms with Crippen molar-refractivity contribution in [3.05, 3.63) is 65.0 Å². The molecule has 3 heteroatoms. The number of hydrogen-bond donors (Lipinski definition) is 1. The Bertz CT molecular complexity index is 666. The molecule has 110 valence electrons. The maximum atomic E-state index is 13.2. The summed E-state index contributed by atoms with van der Waals surface area (Å²) in [6.45, 7) is 5.03. The van der Waals surface area contributed by atoms with Gasteiger partial charge < -0.3 is 10.5 Å². The van der Waals surface area contributed by atoms with E-state index in [1.54, 1.807) is 12.1 Å². The molecule has 1 unspecified atom stereocenters. The Balaban J connectivity index is 1.84. The third kappa shape index (κ3) is 2.79. The third-order valence-electron chi connectivity index (χ3n) is 4.09. The highest BCUT2D eigenvalue weighted by Crippen LogP contribution is 2.39. The van der Waals surface area contributed by atoms with Gasteiger partial charge in [0, 0.05) is 17.0 Å². The number of nitrogens with two attached hydrogens (primary N) is 1. The molecule has 1 aliphatic heterocycles. The lowest BCUT2D eigenvalue weighted by Crippen LogP contribution is -2.19. The van der Waals surface area contributed by atoms with Gasteiger partial charge >= 0.3 is 0 Å². The van der Waals surface area contributed by atoms with Gasteiger partial charge in [0.15, 0.2) is 0 Å². The number of ether oxygens (including phenoxy) is 1. The topological polar surface area (TPSA) is 35.2 Å². The molecule has 0 saturated carbocycles. The van der Waals surface area contributed by atoms with E-state index in [1.807, 2.05) is 18.2 Å². The van der Waals surface area contributed by atoms with Crippen LogP contribution in [0.3, 0.4) is 0 Å². The lowest BCUT2D eigenvalue weighted by atomic mass is 9.85. The SMILES string of the molecule is CC1(C)COc2ccc(C(N)Cc3cccc(F)c3)cc21. The minimum Gasteiger partial charge on any atom is -0.492 e. The van der Waals surface area contributed by atoms with Gasteiger partial charge in [-0.15, -0.1) is 0 Å². The summed E-state index contributed by atoms with van der Waals surface area (Å²) in [7, 11) is 0. The first-order chi connectivity index (χ1) is 9.95. The van der Waals surface area contributed by atoms with E-state index in [4.69, 9.17) is 10.5 Å². The van der Waals surface area contributed by atoms with Crippen LogP contribution in [0.25, 0.3) is 0 Å². The van der Waals surface area contributed by atoms with Crippen LogP contribution in [0, 0.1) is 5.82 Å². The number of halogens is 1. The zero-order chi connectivity index (χ0) is 15.0. The van der Waals surface area contributed by atoms with Gasteiger partial charge in [-0.2, -0.15) is 0 Å². The summed E-state index contributed by atoms with van der Waals surface area (Å²) in [6, 6.07) is 12.6. The van der Waals surface area contributed by atoms with Crippen LogP contribution in [-0.4, -0.2) is 6.61 Å². The summed E-state index contributed by atoms with van der Waals surface area (Å²) < 4.78 is 18.9. The van der Waals surface area contributed by atoms with E-state index >= 15 is 0 Å². The highest BCUT2D eigenvalue weighted by Gasteiger charge is 2.32. The lowest BCUT2D eigenvalue weighted by molar-refractivity contribution is 0.291. The first-order valence-electron chi connectivity index (χ1n) is 7.23. The molecule has 3 rings (SSSR count). The van der Waals surface area contributed by atoms with E-state index < -0.39 is 0 Å². The van der Waals surface area contributed by atoms with Gasteiger partial charge in [0.1, 0.15) is 11.6 Å². The predicted molar refractivity (Wildman–Crippen MR) is 82.0 cm³/mol. The van der Waals surface area contributed by atoms with Crippen molar-refractivity contribution in [2.24, 2.45) is 5.73 Å². The summed E-state index contributed by atoms with van der Waals surface area (Å²) in [6.07, 6.45) is 0.623. The Labute approximate surface area is 124 Å². The second-order valence-electron chi connectivity index (χ2n) is 6.37. The van der Waals surface area contributed by atoms with Gasteiger partial charge in [0.25, 0.3) is 0 Å². The van der Waals surface area contributed by atoms with Gasteiger partial charge in [0.2, 0.25) is 0 Å². The Hall–Kier alpha value is -1.87. The fourth-order valence-corrected chi connectivity index (χ4v) is 2.80. The fourth-order valence-electron chi connectivity index (χ4n) is 2.80. The molecule has 2 aromatic rings. The molecule has 2 N–H and O–H groups in total. The normalized spacial score (nSPS) is 17.1. The Morgan fingerprint density at radius 1 is 1.24 bits per heavy atom. The number of fused-ring (bicyclic) bond motifs is 1. The molecule has 0 spiro atoms. The number of rotatable bonds is 3. The van der Waals surface area contributed by atoms with Crippen LogP contribution in [-0.2, 0) is 11.8 Å². The van der Waals surface area contributed by atoms with E-state index in [0.717, 1.165) is 16.9 Å². The molecule has 2 nitrogen and oxygen atoms in total. The second-order valence-corrected chi connectivity index (χ2v) is 6.37. The lowest BCUT2D eigenvalue weighted by Gasteiger charge is -2.18. The zero-order valence-corrected chi connectivity index (χ0v) is 12.4. The molecule has 0 aliphatic carbocycles. The van der Waals surface area contributed by atoms with Crippen molar-refractivity contribution in [3.8, 4) is 5.75 Å². The van der Waals surface area contributed by atoms with Crippen molar-refractivity contribution in [1.29, 1.82) is 0 Å². The van der Waals surface area contributed by atoms with E-state index in [9.17, 15) is 4.39 Å². The zero-order valence-electron chi connectivity index (χ0n) is 12.4. The minimum atomic E-state index is -0.219. The smallest absolute Gasteiger partial charge is 0.123 e. The molecule has 0 bridgehead atoms. The quantitative estimate of drug-likeness (QED) is 0.932. The average molecular weight is 285 g/mol. The highest BCUT2D eigenvalue weighted by atomic mass is 19.1. The van der Waals surface area contributed by atoms with Gasteiger partial charge in [-0.3, -0.25) is 0 Å². The maximum Gasteiger partial charge on any atom is 0.123 e. The van der Waals surface area contributed by atoms with Crippen LogP contribution in [0.5, 0.6) is 5.75 Å². The molecule has 0 aromatic heterocycles. The molecule has 1 heterocycles. The summed E-state index contributed by atoms with van der Waals surface area (Å²) >= 11 is 0. The van der Waals surface area contributed by atoms with E-state index in [0.29, 0.717) is 13.0 Å². The molecular formula is C18H20FNO. The Kier molecular flexibility index (Phi) is 3.46. The number of benzene rings is 2. The first-order valence-corrected chi connectivity index (χ1v) is 7.23. The van der Waals surface area contributed by atoms with Gasteiger partial charge in [0.05, 0.1) is 6.61 Å². The van der Waals surface area contributed by atoms with Crippen LogP contribution < -0.4 is 10.5 Å². The van der Waals surface area contributed by atoms with Crippen LogP contribution in [0.2, 0.25) is 0 Å². The van der Waals surface area contributed by atoms with Crippen LogP contribution >= 0.6 is 0 Å². The summed E-state index contributed by atoms with van der Waals surface area (Å²) in [4.78, 5) is 0. The van der Waals surface area contributed by atoms with Crippen LogP contribution in [0.1, 0.15) is 36.6 Å². The maximum absolute atomic E-state index is 13.2. The van der Waals surface area contributed by atoms with Crippen molar-refractivity contribution in [3.63, 3.8) is 0 Å². The Morgan fingerprint density at radius 2 is 2.05 bits per heavy atom.